The summed E-state index contributed by atoms with van der Waals surface area (Å²) in [5, 5.41) is 0. The maximum Gasteiger partial charge on any atom is 0.248 e. The number of carbonyl (C=O) groups excluding carboxylic acids is 1. The topological polar surface area (TPSA) is 17.1 Å². The number of aryl methyl sites for hydroxylation is 1. The molecule has 0 heterocycles. The quantitative estimate of drug-likeness (QED) is 0.717. The average molecular weight is 252 g/mol. The average Bonchev–Trinajstić information content (AvgIpc) is 2.32. The van der Waals surface area contributed by atoms with E-state index in [0.29, 0.717) is 18.4 Å². The number of hydrogen-bond donors (Lipinski definition) is 0. The number of Topliss-reactive ketones (excluding diaryl/α,β-unsaturated/α-hetero) is 1. The smallest absolute Gasteiger partial charge is 0.248 e. The Morgan fingerprint density at radius 1 is 1.22 bits per heavy atom. The molecular weight excluding hydrogens is 234 g/mol. The number of rotatable bonds is 2. The molecule has 3 heteroatoms. The summed E-state index contributed by atoms with van der Waals surface area (Å²) in [6.45, 7) is 3.88. The van der Waals surface area contributed by atoms with Gasteiger partial charge in [-0.05, 0) is 37.8 Å². The molecule has 1 aliphatic carbocycles. The Morgan fingerprint density at radius 3 is 2.44 bits per heavy atom. The maximum atomic E-state index is 13.1. The van der Waals surface area contributed by atoms with E-state index in [1.54, 1.807) is 6.07 Å². The fraction of sp³-hybridized carbons (Fsp3) is 0.533. The molecular formula is C15H18F2O. The van der Waals surface area contributed by atoms with Crippen LogP contribution in [0.5, 0.6) is 0 Å². The van der Waals surface area contributed by atoms with E-state index in [0.717, 1.165) is 11.1 Å². The highest BCUT2D eigenvalue weighted by atomic mass is 19.3. The summed E-state index contributed by atoms with van der Waals surface area (Å²) < 4.78 is 26.2. The first-order chi connectivity index (χ1) is 8.41. The summed E-state index contributed by atoms with van der Waals surface area (Å²) in [6, 6.07) is 5.62. The highest BCUT2D eigenvalue weighted by molar-refractivity contribution is 5.99. The van der Waals surface area contributed by atoms with Gasteiger partial charge < -0.3 is 0 Å². The molecule has 0 spiro atoms. The van der Waals surface area contributed by atoms with Gasteiger partial charge in [0.1, 0.15) is 0 Å². The van der Waals surface area contributed by atoms with Crippen molar-refractivity contribution < 1.29 is 13.6 Å². The van der Waals surface area contributed by atoms with Gasteiger partial charge in [0.25, 0.3) is 0 Å². The van der Waals surface area contributed by atoms with Crippen LogP contribution in [-0.4, -0.2) is 11.7 Å². The molecule has 2 rings (SSSR count). The lowest BCUT2D eigenvalue weighted by molar-refractivity contribution is -0.0424. The van der Waals surface area contributed by atoms with Gasteiger partial charge in [0, 0.05) is 24.3 Å². The number of halogens is 2. The van der Waals surface area contributed by atoms with Crippen LogP contribution in [0, 0.1) is 19.8 Å². The summed E-state index contributed by atoms with van der Waals surface area (Å²) in [5.41, 5.74) is 2.74. The molecule has 1 aliphatic rings. The van der Waals surface area contributed by atoms with Gasteiger partial charge in [0.15, 0.2) is 5.78 Å². The largest absolute Gasteiger partial charge is 0.294 e. The van der Waals surface area contributed by atoms with E-state index >= 15 is 0 Å². The zero-order valence-electron chi connectivity index (χ0n) is 10.8. The fourth-order valence-electron chi connectivity index (χ4n) is 2.54. The van der Waals surface area contributed by atoms with Crippen molar-refractivity contribution in [3.05, 3.63) is 34.9 Å². The van der Waals surface area contributed by atoms with Crippen LogP contribution in [0.4, 0.5) is 8.78 Å². The van der Waals surface area contributed by atoms with E-state index in [1.807, 2.05) is 26.0 Å². The molecule has 1 nitrogen and oxygen atoms in total. The van der Waals surface area contributed by atoms with Gasteiger partial charge in [-0.15, -0.1) is 0 Å². The van der Waals surface area contributed by atoms with Crippen LogP contribution >= 0.6 is 0 Å². The lowest BCUT2D eigenvalue weighted by Crippen LogP contribution is -2.29. The van der Waals surface area contributed by atoms with Crippen LogP contribution in [0.25, 0.3) is 0 Å². The van der Waals surface area contributed by atoms with Gasteiger partial charge in [-0.3, -0.25) is 4.79 Å². The van der Waals surface area contributed by atoms with Crippen molar-refractivity contribution in [3.63, 3.8) is 0 Å². The standard InChI is InChI=1S/C15H18F2O/c1-10-4-3-5-13(11(10)2)14(18)12-6-8-15(16,17)9-7-12/h3-5,12H,6-9H2,1-2H3. The van der Waals surface area contributed by atoms with Gasteiger partial charge in [-0.25, -0.2) is 8.78 Å². The van der Waals surface area contributed by atoms with Crippen LogP contribution in [0.15, 0.2) is 18.2 Å². The molecule has 1 aromatic carbocycles. The normalized spacial score (nSPS) is 19.8. The Bertz CT molecular complexity index is 456. The molecule has 0 unspecified atom stereocenters. The van der Waals surface area contributed by atoms with Crippen molar-refractivity contribution >= 4 is 5.78 Å². The van der Waals surface area contributed by atoms with Gasteiger partial charge in [0.2, 0.25) is 5.92 Å². The lowest BCUT2D eigenvalue weighted by Gasteiger charge is -2.27. The highest BCUT2D eigenvalue weighted by Gasteiger charge is 2.37. The first-order valence-corrected chi connectivity index (χ1v) is 6.39. The molecule has 0 aliphatic heterocycles. The van der Waals surface area contributed by atoms with Crippen LogP contribution in [0.2, 0.25) is 0 Å². The van der Waals surface area contributed by atoms with Crippen molar-refractivity contribution in [2.24, 2.45) is 5.92 Å². The molecule has 0 aromatic heterocycles. The van der Waals surface area contributed by atoms with E-state index in [-0.39, 0.29) is 24.5 Å². The van der Waals surface area contributed by atoms with E-state index in [1.165, 1.54) is 0 Å². The molecule has 1 saturated carbocycles. The molecule has 98 valence electrons. The number of benzene rings is 1. The van der Waals surface area contributed by atoms with E-state index in [4.69, 9.17) is 0 Å². The predicted molar refractivity (Wildman–Crippen MR) is 67.2 cm³/mol. The van der Waals surface area contributed by atoms with E-state index in [9.17, 15) is 13.6 Å². The minimum atomic E-state index is -2.57. The minimum Gasteiger partial charge on any atom is -0.294 e. The number of carbonyl (C=O) groups is 1. The summed E-state index contributed by atoms with van der Waals surface area (Å²) in [4.78, 5) is 12.3. The van der Waals surface area contributed by atoms with E-state index in [2.05, 4.69) is 0 Å². The summed E-state index contributed by atoms with van der Waals surface area (Å²) in [6.07, 6.45) is 0.293. The second-order valence-electron chi connectivity index (χ2n) is 5.24. The maximum absolute atomic E-state index is 13.1. The molecule has 0 amide bonds. The molecule has 0 radical (unpaired) electrons. The second-order valence-corrected chi connectivity index (χ2v) is 5.24. The first-order valence-electron chi connectivity index (χ1n) is 6.39. The molecule has 0 N–H and O–H groups in total. The molecule has 0 saturated heterocycles. The molecule has 18 heavy (non-hydrogen) atoms. The second kappa shape index (κ2) is 4.79. The van der Waals surface area contributed by atoms with Gasteiger partial charge in [0.05, 0.1) is 0 Å². The SMILES string of the molecule is Cc1cccc(C(=O)C2CCC(F)(F)CC2)c1C. The Kier molecular flexibility index (Phi) is 3.51. The van der Waals surface area contributed by atoms with E-state index < -0.39 is 5.92 Å². The van der Waals surface area contributed by atoms with Crippen molar-refractivity contribution in [1.29, 1.82) is 0 Å². The summed E-state index contributed by atoms with van der Waals surface area (Å²) in [7, 11) is 0. The number of alkyl halides is 2. The summed E-state index contributed by atoms with van der Waals surface area (Å²) in [5.74, 6) is -2.77. The van der Waals surface area contributed by atoms with Crippen LogP contribution in [-0.2, 0) is 0 Å². The molecule has 1 aromatic rings. The van der Waals surface area contributed by atoms with Crippen molar-refractivity contribution in [1.82, 2.24) is 0 Å². The molecule has 0 bridgehead atoms. The summed E-state index contributed by atoms with van der Waals surface area (Å²) >= 11 is 0. The first kappa shape index (κ1) is 13.2. The molecule has 0 atom stereocenters. The Balaban J connectivity index is 2.15. The van der Waals surface area contributed by atoms with Crippen LogP contribution in [0.1, 0.15) is 47.2 Å². The number of hydrogen-bond acceptors (Lipinski definition) is 1. The highest BCUT2D eigenvalue weighted by Crippen LogP contribution is 2.37. The molecule has 1 fully saturated rings. The number of ketones is 1. The van der Waals surface area contributed by atoms with Crippen molar-refractivity contribution in [2.45, 2.75) is 45.5 Å². The van der Waals surface area contributed by atoms with Crippen molar-refractivity contribution in [3.8, 4) is 0 Å². The lowest BCUT2D eigenvalue weighted by atomic mass is 9.81. The Morgan fingerprint density at radius 2 is 1.83 bits per heavy atom. The Labute approximate surface area is 106 Å². The van der Waals surface area contributed by atoms with Crippen LogP contribution < -0.4 is 0 Å². The fourth-order valence-corrected chi connectivity index (χ4v) is 2.54. The van der Waals surface area contributed by atoms with Gasteiger partial charge in [-0.1, -0.05) is 18.2 Å². The monoisotopic (exact) mass is 252 g/mol. The third-order valence-electron chi connectivity index (χ3n) is 3.96. The zero-order chi connectivity index (χ0) is 13.3. The minimum absolute atomic E-state index is 0.0340. The third kappa shape index (κ3) is 2.60. The third-order valence-corrected chi connectivity index (χ3v) is 3.96. The zero-order valence-corrected chi connectivity index (χ0v) is 10.8. The van der Waals surface area contributed by atoms with Crippen molar-refractivity contribution in [2.75, 3.05) is 0 Å². The predicted octanol–water partition coefficient (Wildman–Crippen LogP) is 4.31. The van der Waals surface area contributed by atoms with Crippen LogP contribution in [0.3, 0.4) is 0 Å². The van der Waals surface area contributed by atoms with Gasteiger partial charge in [-0.2, -0.15) is 0 Å². The Hall–Kier alpha value is -1.25. The van der Waals surface area contributed by atoms with Gasteiger partial charge >= 0.3 is 0 Å².